The molecule has 0 radical (unpaired) electrons. The van der Waals surface area contributed by atoms with Gasteiger partial charge < -0.3 is 9.84 Å². The summed E-state index contributed by atoms with van der Waals surface area (Å²) in [7, 11) is -1.75. The summed E-state index contributed by atoms with van der Waals surface area (Å²) in [4.78, 5) is 1.75. The summed E-state index contributed by atoms with van der Waals surface area (Å²) in [5.74, 6) is 0. The van der Waals surface area contributed by atoms with E-state index < -0.39 is 76.7 Å². The summed E-state index contributed by atoms with van der Waals surface area (Å²) in [6, 6.07) is 9.21. The van der Waals surface area contributed by atoms with Crippen molar-refractivity contribution < 1.29 is 53.6 Å². The molecule has 0 aromatic heterocycles. The Bertz CT molecular complexity index is 1550. The topological polar surface area (TPSA) is 49.8 Å². The summed E-state index contributed by atoms with van der Waals surface area (Å²) in [5.41, 5.74) is -4.00. The van der Waals surface area contributed by atoms with Gasteiger partial charge >= 0.3 is 18.5 Å². The molecule has 224 valence electrons. The molecule has 1 saturated heterocycles. The highest BCUT2D eigenvalue weighted by molar-refractivity contribution is 7.95. The van der Waals surface area contributed by atoms with Crippen LogP contribution in [-0.4, -0.2) is 26.7 Å². The van der Waals surface area contributed by atoms with Gasteiger partial charge in [-0.3, -0.25) is 0 Å². The lowest BCUT2D eigenvalue weighted by Crippen LogP contribution is -2.35. The van der Waals surface area contributed by atoms with Crippen molar-refractivity contribution in [2.75, 3.05) is 0 Å². The first kappa shape index (κ1) is 30.3. The van der Waals surface area contributed by atoms with E-state index in [1.165, 1.54) is 6.92 Å². The molecule has 0 spiro atoms. The monoisotopic (exact) mass is 621 g/mol. The number of halogens is 9. The highest BCUT2D eigenvalue weighted by atomic mass is 32.2. The van der Waals surface area contributed by atoms with E-state index in [4.69, 9.17) is 4.74 Å². The van der Waals surface area contributed by atoms with E-state index in [1.54, 1.807) is 30.3 Å². The van der Waals surface area contributed by atoms with Crippen LogP contribution in [0.15, 0.2) is 65.6 Å². The van der Waals surface area contributed by atoms with Crippen molar-refractivity contribution in [3.8, 4) is 0 Å². The van der Waals surface area contributed by atoms with Crippen molar-refractivity contribution in [1.29, 1.82) is 0 Å². The first-order valence-corrected chi connectivity index (χ1v) is 13.4. The molecule has 0 aliphatic carbocycles. The van der Waals surface area contributed by atoms with Gasteiger partial charge in [0, 0.05) is 12.6 Å². The fraction of sp³-hybridized carbons (Fsp3) is 0.286. The van der Waals surface area contributed by atoms with Crippen LogP contribution in [0.2, 0.25) is 0 Å². The zero-order valence-corrected chi connectivity index (χ0v) is 22.1. The van der Waals surface area contributed by atoms with Crippen molar-refractivity contribution in [2.24, 2.45) is 0 Å². The van der Waals surface area contributed by atoms with Gasteiger partial charge in [0.25, 0.3) is 0 Å². The van der Waals surface area contributed by atoms with Gasteiger partial charge in [0.15, 0.2) is 0 Å². The second-order valence-corrected chi connectivity index (χ2v) is 11.2. The molecule has 1 fully saturated rings. The second kappa shape index (κ2) is 10.5. The Balaban J connectivity index is 1.53. The summed E-state index contributed by atoms with van der Waals surface area (Å²) in [6.07, 6.45) is -16.8. The molecule has 3 aromatic carbocycles. The molecule has 2 heterocycles. The zero-order chi connectivity index (χ0) is 30.8. The molecular formula is C28H20F9NO3S. The van der Waals surface area contributed by atoms with Gasteiger partial charge in [-0.05, 0) is 71.7 Å². The molecule has 42 heavy (non-hydrogen) atoms. The Kier molecular flexibility index (Phi) is 7.57. The lowest BCUT2D eigenvalue weighted by atomic mass is 9.96. The van der Waals surface area contributed by atoms with E-state index >= 15 is 0 Å². The minimum Gasteiger partial charge on any atom is -0.356 e. The number of alkyl halides is 9. The van der Waals surface area contributed by atoms with Crippen LogP contribution in [0.5, 0.6) is 0 Å². The minimum absolute atomic E-state index is 0.0348. The van der Waals surface area contributed by atoms with Gasteiger partial charge in [0.05, 0.1) is 37.3 Å². The number of hydrogen-bond donors (Lipinski definition) is 1. The Labute approximate surface area is 235 Å². The molecular weight excluding hydrogens is 601 g/mol. The van der Waals surface area contributed by atoms with Crippen molar-refractivity contribution in [3.05, 3.63) is 99.6 Å². The van der Waals surface area contributed by atoms with Crippen molar-refractivity contribution >= 4 is 21.8 Å². The van der Waals surface area contributed by atoms with E-state index in [0.717, 1.165) is 23.1 Å². The number of ether oxygens (including phenoxy) is 1. The van der Waals surface area contributed by atoms with Crippen LogP contribution in [0, 0.1) is 0 Å². The average molecular weight is 622 g/mol. The lowest BCUT2D eigenvalue weighted by Gasteiger charge is -2.26. The Morgan fingerprint density at radius 1 is 0.833 bits per heavy atom. The van der Waals surface area contributed by atoms with Crippen LogP contribution in [0.3, 0.4) is 0 Å². The fourth-order valence-electron chi connectivity index (χ4n) is 5.02. The van der Waals surface area contributed by atoms with Gasteiger partial charge in [0.2, 0.25) is 6.41 Å². The Hall–Kier alpha value is -3.20. The molecule has 3 aromatic rings. The molecule has 0 saturated carbocycles. The molecule has 14 heteroatoms. The molecule has 0 amide bonds. The second-order valence-electron chi connectivity index (χ2n) is 9.82. The minimum atomic E-state index is -5.12. The first-order valence-electron chi connectivity index (χ1n) is 12.3. The third-order valence-electron chi connectivity index (χ3n) is 7.11. The molecule has 2 aliphatic rings. The fourth-order valence-corrected chi connectivity index (χ4v) is 6.43. The van der Waals surface area contributed by atoms with E-state index in [-0.39, 0.29) is 22.1 Å². The maximum Gasteiger partial charge on any atom is 0.416 e. The largest absolute Gasteiger partial charge is 0.416 e. The molecule has 0 bridgehead atoms. The van der Waals surface area contributed by atoms with Gasteiger partial charge in [-0.2, -0.15) is 39.5 Å². The number of hydrogen-bond acceptors (Lipinski definition) is 4. The number of fused-ring (bicyclic) bond motifs is 1. The average Bonchev–Trinajstić information content (AvgIpc) is 3.38. The third-order valence-corrected chi connectivity index (χ3v) is 8.62. The number of benzene rings is 3. The van der Waals surface area contributed by atoms with Crippen LogP contribution >= 0.6 is 0 Å². The maximum atomic E-state index is 13.6. The highest BCUT2D eigenvalue weighted by Gasteiger charge is 2.43. The highest BCUT2D eigenvalue weighted by Crippen LogP contribution is 2.43. The Morgan fingerprint density at radius 3 is 2.00 bits per heavy atom. The summed E-state index contributed by atoms with van der Waals surface area (Å²) in [5, 5.41) is 10.7. The SMILES string of the molecule is C[C@H]1[C@@H](c2cc(C(F)(F)F)cc(C(F)(F)F)c2)OC(O)N1Cc1cc(C(F)(F)F)ccc1C1=Cc2ccccc2S1=O. The normalized spacial score (nSPS) is 23.3. The molecule has 5 rings (SSSR count). The first-order chi connectivity index (χ1) is 19.4. The lowest BCUT2D eigenvalue weighted by molar-refractivity contribution is -0.154. The molecule has 1 N–H and O–H groups in total. The molecule has 4 atom stereocenters. The zero-order valence-electron chi connectivity index (χ0n) is 21.3. The van der Waals surface area contributed by atoms with E-state index in [9.17, 15) is 48.8 Å². The Morgan fingerprint density at radius 2 is 1.43 bits per heavy atom. The van der Waals surface area contributed by atoms with Crippen molar-refractivity contribution in [2.45, 2.75) is 55.5 Å². The predicted octanol–water partition coefficient (Wildman–Crippen LogP) is 7.60. The van der Waals surface area contributed by atoms with E-state index in [0.29, 0.717) is 22.6 Å². The summed E-state index contributed by atoms with van der Waals surface area (Å²) >= 11 is 0. The van der Waals surface area contributed by atoms with Gasteiger partial charge in [-0.15, -0.1) is 0 Å². The van der Waals surface area contributed by atoms with Crippen LogP contribution in [-0.2, 0) is 40.6 Å². The molecule has 2 aliphatic heterocycles. The maximum absolute atomic E-state index is 13.6. The summed E-state index contributed by atoms with van der Waals surface area (Å²) < 4.78 is 140. The van der Waals surface area contributed by atoms with Crippen molar-refractivity contribution in [1.82, 2.24) is 4.90 Å². The standard InChI is InChI=1S/C28H20F9NO3S/c1-14-24(16-8-19(27(32,33)34)12-20(9-16)28(35,36)37)41-25(39)38(14)13-17-10-18(26(29,30)31)6-7-21(17)23-11-15-4-2-3-5-22(15)42(23)40/h2-12,14,24-25,39H,13H2,1H3/t14-,24-,25?,42?/m0/s1. The van der Waals surface area contributed by atoms with Crippen LogP contribution in [0.25, 0.3) is 11.0 Å². The summed E-state index contributed by atoms with van der Waals surface area (Å²) in [6.45, 7) is 0.887. The number of nitrogens with zero attached hydrogens (tertiary/aromatic N) is 1. The van der Waals surface area contributed by atoms with E-state index in [1.807, 2.05) is 0 Å². The number of aliphatic hydroxyl groups excluding tert-OH is 1. The van der Waals surface area contributed by atoms with Crippen LogP contribution < -0.4 is 0 Å². The van der Waals surface area contributed by atoms with Crippen molar-refractivity contribution in [3.63, 3.8) is 0 Å². The van der Waals surface area contributed by atoms with Crippen LogP contribution in [0.1, 0.15) is 52.0 Å². The third kappa shape index (κ3) is 5.72. The molecule has 4 nitrogen and oxygen atoms in total. The number of aliphatic hydroxyl groups is 1. The molecule has 2 unspecified atom stereocenters. The number of rotatable bonds is 4. The quantitative estimate of drug-likeness (QED) is 0.305. The van der Waals surface area contributed by atoms with Gasteiger partial charge in [-0.1, -0.05) is 24.3 Å². The van der Waals surface area contributed by atoms with Gasteiger partial charge in [-0.25, -0.2) is 9.11 Å². The van der Waals surface area contributed by atoms with Gasteiger partial charge in [0.1, 0.15) is 6.10 Å². The van der Waals surface area contributed by atoms with Crippen LogP contribution in [0.4, 0.5) is 39.5 Å². The smallest absolute Gasteiger partial charge is 0.356 e. The van der Waals surface area contributed by atoms with E-state index in [2.05, 4.69) is 0 Å². The predicted molar refractivity (Wildman–Crippen MR) is 133 cm³/mol.